The summed E-state index contributed by atoms with van der Waals surface area (Å²) in [5.41, 5.74) is 0.270. The second kappa shape index (κ2) is 7.25. The zero-order chi connectivity index (χ0) is 15.3. The van der Waals surface area contributed by atoms with E-state index in [1.165, 1.54) is 12.1 Å². The van der Waals surface area contributed by atoms with E-state index in [-0.39, 0.29) is 23.8 Å². The lowest BCUT2D eigenvalue weighted by molar-refractivity contribution is -0.135. The maximum absolute atomic E-state index is 11.3. The number of ether oxygens (including phenoxy) is 1. The van der Waals surface area contributed by atoms with Crippen molar-refractivity contribution in [3.8, 4) is 5.75 Å². The highest BCUT2D eigenvalue weighted by Crippen LogP contribution is 2.33. The molecule has 1 aromatic carbocycles. The lowest BCUT2D eigenvalue weighted by Gasteiger charge is -2.05. The summed E-state index contributed by atoms with van der Waals surface area (Å²) >= 11 is 6.20. The van der Waals surface area contributed by atoms with Gasteiger partial charge in [-0.05, 0) is 56.1 Å². The quantitative estimate of drug-likeness (QED) is 0.340. The van der Waals surface area contributed by atoms with Gasteiger partial charge in [0.25, 0.3) is 5.84 Å². The second-order valence-corrected chi connectivity index (χ2v) is 5.09. The van der Waals surface area contributed by atoms with Crippen molar-refractivity contribution in [1.29, 1.82) is 5.41 Å². The van der Waals surface area contributed by atoms with Gasteiger partial charge in [0.15, 0.2) is 5.84 Å². The highest BCUT2D eigenvalue weighted by atomic mass is 79.9. The minimum absolute atomic E-state index is 0.0374. The average Bonchev–Trinajstić information content (AvgIpc) is 2.41. The van der Waals surface area contributed by atoms with Crippen molar-refractivity contribution in [3.63, 3.8) is 0 Å². The van der Waals surface area contributed by atoms with Gasteiger partial charge in [0.05, 0.1) is 15.6 Å². The Morgan fingerprint density at radius 3 is 2.40 bits per heavy atom. The molecule has 7 nitrogen and oxygen atoms in total. The van der Waals surface area contributed by atoms with Gasteiger partial charge in [-0.15, -0.1) is 4.91 Å². The van der Waals surface area contributed by atoms with Crippen molar-refractivity contribution in [2.75, 3.05) is 6.61 Å². The fraction of sp³-hybridized carbons (Fsp3) is 0.182. The van der Waals surface area contributed by atoms with E-state index in [4.69, 9.17) is 5.41 Å². The van der Waals surface area contributed by atoms with E-state index >= 15 is 0 Å². The van der Waals surface area contributed by atoms with Crippen LogP contribution < -0.4 is 0 Å². The smallest absolute Gasteiger partial charge is 0.380 e. The third-order valence-corrected chi connectivity index (χ3v) is 3.26. The van der Waals surface area contributed by atoms with Crippen LogP contribution in [0.4, 0.5) is 0 Å². The number of aromatic hydroxyl groups is 1. The van der Waals surface area contributed by atoms with E-state index in [2.05, 4.69) is 46.8 Å². The molecule has 0 aliphatic heterocycles. The second-order valence-electron chi connectivity index (χ2n) is 3.38. The normalized spacial score (nSPS) is 11.1. The Bertz CT molecular complexity index is 578. The van der Waals surface area contributed by atoms with E-state index in [0.29, 0.717) is 8.95 Å². The Morgan fingerprint density at radius 1 is 1.40 bits per heavy atom. The lowest BCUT2D eigenvalue weighted by Crippen LogP contribution is -2.17. The fourth-order valence-electron chi connectivity index (χ4n) is 1.17. The third-order valence-electron chi connectivity index (χ3n) is 2.05. The van der Waals surface area contributed by atoms with Gasteiger partial charge in [0.1, 0.15) is 5.75 Å². The summed E-state index contributed by atoms with van der Waals surface area (Å²) in [4.78, 5) is 25.4. The van der Waals surface area contributed by atoms with E-state index in [1.807, 2.05) is 0 Å². The van der Waals surface area contributed by atoms with Gasteiger partial charge in [0, 0.05) is 5.56 Å². The first-order valence-electron chi connectivity index (χ1n) is 5.26. The number of esters is 1. The SMILES string of the molecule is CCOC(=O)C(N=O)=NC(=N)c1cc(Br)c(O)c(Br)c1. The predicted octanol–water partition coefficient (Wildman–Crippen LogP) is 2.97. The summed E-state index contributed by atoms with van der Waals surface area (Å²) in [6.07, 6.45) is 0. The molecule has 1 aromatic rings. The van der Waals surface area contributed by atoms with Crippen LogP contribution in [0.3, 0.4) is 0 Å². The summed E-state index contributed by atoms with van der Waals surface area (Å²) in [6, 6.07) is 2.83. The molecule has 0 fully saturated rings. The predicted molar refractivity (Wildman–Crippen MR) is 80.2 cm³/mol. The van der Waals surface area contributed by atoms with Gasteiger partial charge in [-0.25, -0.2) is 4.79 Å². The van der Waals surface area contributed by atoms with Crippen LogP contribution in [0.15, 0.2) is 31.2 Å². The van der Waals surface area contributed by atoms with Gasteiger partial charge >= 0.3 is 5.97 Å². The maximum Gasteiger partial charge on any atom is 0.380 e. The Labute approximate surface area is 130 Å². The first-order valence-corrected chi connectivity index (χ1v) is 6.85. The van der Waals surface area contributed by atoms with Crippen LogP contribution in [0.25, 0.3) is 0 Å². The number of nitrogens with zero attached hydrogens (tertiary/aromatic N) is 2. The van der Waals surface area contributed by atoms with Crippen molar-refractivity contribution in [3.05, 3.63) is 31.5 Å². The van der Waals surface area contributed by atoms with Crippen LogP contribution in [0.5, 0.6) is 5.75 Å². The molecule has 0 aliphatic carbocycles. The van der Waals surface area contributed by atoms with E-state index in [0.717, 1.165) is 0 Å². The number of hydrogen-bond donors (Lipinski definition) is 2. The molecule has 20 heavy (non-hydrogen) atoms. The number of phenolic OH excluding ortho intramolecular Hbond substituents is 1. The highest BCUT2D eigenvalue weighted by molar-refractivity contribution is 9.11. The number of carbonyl (C=O) groups is 1. The number of phenols is 1. The maximum atomic E-state index is 11.3. The summed E-state index contributed by atoms with van der Waals surface area (Å²) in [5, 5.41) is 19.7. The molecule has 0 unspecified atom stereocenters. The zero-order valence-corrected chi connectivity index (χ0v) is 13.4. The molecule has 0 saturated heterocycles. The first-order chi connectivity index (χ1) is 9.40. The summed E-state index contributed by atoms with van der Waals surface area (Å²) < 4.78 is 5.24. The molecular formula is C11H9Br2N3O4. The van der Waals surface area contributed by atoms with Gasteiger partial charge in [-0.1, -0.05) is 0 Å². The van der Waals surface area contributed by atoms with Crippen LogP contribution in [-0.2, 0) is 9.53 Å². The number of aliphatic imine (C=N–C) groups is 1. The average molecular weight is 407 g/mol. The van der Waals surface area contributed by atoms with E-state index < -0.39 is 11.8 Å². The topological polar surface area (TPSA) is 112 Å². The number of nitroso groups, excluding NO2 is 1. The Morgan fingerprint density at radius 2 is 1.95 bits per heavy atom. The minimum Gasteiger partial charge on any atom is -0.506 e. The van der Waals surface area contributed by atoms with Crippen LogP contribution in [0, 0.1) is 10.3 Å². The fourth-order valence-corrected chi connectivity index (χ4v) is 2.36. The van der Waals surface area contributed by atoms with Crippen molar-refractivity contribution in [2.24, 2.45) is 10.2 Å². The van der Waals surface area contributed by atoms with Gasteiger partial charge in [-0.2, -0.15) is 4.99 Å². The molecule has 0 aromatic heterocycles. The van der Waals surface area contributed by atoms with E-state index in [9.17, 15) is 14.8 Å². The number of rotatable bonds is 2. The number of carbonyl (C=O) groups excluding carboxylic acids is 1. The number of benzene rings is 1. The van der Waals surface area contributed by atoms with E-state index in [1.54, 1.807) is 6.92 Å². The number of halogens is 2. The molecule has 1 rings (SSSR count). The molecule has 0 spiro atoms. The molecule has 0 radical (unpaired) electrons. The molecular weight excluding hydrogens is 398 g/mol. The molecule has 106 valence electrons. The van der Waals surface area contributed by atoms with Crippen molar-refractivity contribution < 1.29 is 14.6 Å². The van der Waals surface area contributed by atoms with Gasteiger partial charge < -0.3 is 9.84 Å². The molecule has 9 heteroatoms. The van der Waals surface area contributed by atoms with Crippen molar-refractivity contribution in [2.45, 2.75) is 6.92 Å². The molecule has 0 saturated carbocycles. The van der Waals surface area contributed by atoms with Crippen LogP contribution in [-0.4, -0.2) is 29.4 Å². The molecule has 2 N–H and O–H groups in total. The highest BCUT2D eigenvalue weighted by Gasteiger charge is 2.16. The van der Waals surface area contributed by atoms with Gasteiger partial charge in [-0.3, -0.25) is 5.41 Å². The molecule has 0 bridgehead atoms. The third kappa shape index (κ3) is 3.94. The molecule has 0 atom stereocenters. The van der Waals surface area contributed by atoms with Crippen molar-refractivity contribution in [1.82, 2.24) is 0 Å². The standard InChI is InChI=1S/C11H9Br2N3O4/c1-2-20-11(18)10(16-19)15-9(14)5-3-6(12)8(17)7(13)4-5/h3-4,14,17H,2H2,1H3. The lowest BCUT2D eigenvalue weighted by atomic mass is 10.2. The first kappa shape index (κ1) is 16.4. The number of hydrogen-bond acceptors (Lipinski definition) is 5. The zero-order valence-electron chi connectivity index (χ0n) is 10.2. The molecule has 0 amide bonds. The summed E-state index contributed by atoms with van der Waals surface area (Å²) in [7, 11) is 0. The largest absolute Gasteiger partial charge is 0.506 e. The van der Waals surface area contributed by atoms with Crippen molar-refractivity contribution >= 4 is 49.5 Å². The Kier molecular flexibility index (Phi) is 5.96. The van der Waals surface area contributed by atoms with Crippen LogP contribution >= 0.6 is 31.9 Å². The van der Waals surface area contributed by atoms with Crippen LogP contribution in [0.2, 0.25) is 0 Å². The number of nitrogens with one attached hydrogen (secondary N) is 1. The minimum atomic E-state index is -0.996. The Hall–Kier alpha value is -1.61. The Balaban J connectivity index is 3.11. The monoisotopic (exact) mass is 405 g/mol. The molecule has 0 heterocycles. The molecule has 0 aliphatic rings. The van der Waals surface area contributed by atoms with Crippen LogP contribution in [0.1, 0.15) is 12.5 Å². The summed E-state index contributed by atoms with van der Waals surface area (Å²) in [5.74, 6) is -2.14. The van der Waals surface area contributed by atoms with Gasteiger partial charge in [0.2, 0.25) is 0 Å². The number of amidine groups is 2. The summed E-state index contributed by atoms with van der Waals surface area (Å²) in [6.45, 7) is 1.64.